The van der Waals surface area contributed by atoms with Gasteiger partial charge in [-0.1, -0.05) is 51.1 Å². The van der Waals surface area contributed by atoms with Gasteiger partial charge in [0.15, 0.2) is 0 Å². The molecule has 2 aromatic carbocycles. The van der Waals surface area contributed by atoms with Gasteiger partial charge in [0.1, 0.15) is 5.75 Å². The predicted molar refractivity (Wildman–Crippen MR) is 82.2 cm³/mol. The van der Waals surface area contributed by atoms with E-state index in [1.54, 1.807) is 0 Å². The first-order valence-electron chi connectivity index (χ1n) is 6.58. The Kier molecular flexibility index (Phi) is 3.49. The largest absolute Gasteiger partial charge is 0.547 e. The molecule has 0 spiro atoms. The lowest BCUT2D eigenvalue weighted by Gasteiger charge is -2.20. The quantitative estimate of drug-likeness (QED) is 0.721. The summed E-state index contributed by atoms with van der Waals surface area (Å²) < 4.78 is 5.99. The fourth-order valence-corrected chi connectivity index (χ4v) is 2.79. The highest BCUT2D eigenvalue weighted by Gasteiger charge is 2.14. The second-order valence-corrected chi connectivity index (χ2v) is 8.44. The maximum absolute atomic E-state index is 5.99. The minimum Gasteiger partial charge on any atom is -0.547 e. The van der Waals surface area contributed by atoms with Crippen LogP contribution in [0.2, 0.25) is 13.1 Å². The highest BCUT2D eigenvalue weighted by molar-refractivity contribution is 6.49. The first-order chi connectivity index (χ1) is 8.38. The molecule has 2 heteroatoms. The lowest BCUT2D eigenvalue weighted by atomic mass is 9.86. The summed E-state index contributed by atoms with van der Waals surface area (Å²) in [6.45, 7) is 11.1. The van der Waals surface area contributed by atoms with Gasteiger partial charge in [0.25, 0.3) is 0 Å². The average molecular weight is 258 g/mol. The molecule has 0 aromatic heterocycles. The number of rotatable bonds is 2. The number of fused-ring (bicyclic) bond motifs is 1. The molecule has 0 aliphatic heterocycles. The number of benzene rings is 2. The lowest BCUT2D eigenvalue weighted by molar-refractivity contribution is 0.585. The summed E-state index contributed by atoms with van der Waals surface area (Å²) in [7, 11) is -1.05. The van der Waals surface area contributed by atoms with Crippen molar-refractivity contribution in [2.75, 3.05) is 0 Å². The van der Waals surface area contributed by atoms with Crippen LogP contribution in [0.3, 0.4) is 0 Å². The average Bonchev–Trinajstić information content (AvgIpc) is 2.27. The van der Waals surface area contributed by atoms with E-state index >= 15 is 0 Å². The van der Waals surface area contributed by atoms with E-state index in [1.807, 2.05) is 0 Å². The van der Waals surface area contributed by atoms with Crippen LogP contribution in [-0.2, 0) is 5.41 Å². The van der Waals surface area contributed by atoms with Crippen LogP contribution in [-0.4, -0.2) is 9.04 Å². The van der Waals surface area contributed by atoms with Crippen LogP contribution in [0.4, 0.5) is 0 Å². The van der Waals surface area contributed by atoms with E-state index < -0.39 is 9.04 Å². The Morgan fingerprint density at radius 2 is 1.72 bits per heavy atom. The van der Waals surface area contributed by atoms with Gasteiger partial charge in [0, 0.05) is 5.39 Å². The molecule has 0 saturated carbocycles. The lowest BCUT2D eigenvalue weighted by Crippen LogP contribution is -2.12. The Hall–Kier alpha value is -1.28. The zero-order valence-corrected chi connectivity index (χ0v) is 13.1. The zero-order chi connectivity index (χ0) is 13.3. The SMILES string of the molecule is C[SiH](C)Oc1cccc2cc(C(C)(C)C)ccc12. The molecule has 0 saturated heterocycles. The fraction of sp³-hybridized carbons (Fsp3) is 0.375. The molecule has 0 N–H and O–H groups in total. The van der Waals surface area contributed by atoms with E-state index in [9.17, 15) is 0 Å². The molecule has 2 rings (SSSR count). The standard InChI is InChI=1S/C16H22OSi/c1-16(2,3)13-9-10-14-12(11-13)7-6-8-15(14)17-18(4)5/h6-11,18H,1-5H3. The van der Waals surface area contributed by atoms with Gasteiger partial charge >= 0.3 is 0 Å². The van der Waals surface area contributed by atoms with Crippen molar-refractivity contribution in [3.8, 4) is 5.75 Å². The summed E-state index contributed by atoms with van der Waals surface area (Å²) in [5, 5.41) is 2.50. The molecule has 0 unspecified atom stereocenters. The van der Waals surface area contributed by atoms with Crippen LogP contribution in [0, 0.1) is 0 Å². The molecule has 0 radical (unpaired) electrons. The molecule has 0 bridgehead atoms. The molecule has 1 nitrogen and oxygen atoms in total. The molecule has 0 aliphatic rings. The molecular weight excluding hydrogens is 236 g/mol. The van der Waals surface area contributed by atoms with Gasteiger partial charge in [0.2, 0.25) is 9.04 Å². The van der Waals surface area contributed by atoms with Gasteiger partial charge in [-0.2, -0.15) is 0 Å². The van der Waals surface area contributed by atoms with Crippen LogP contribution in [0.5, 0.6) is 5.75 Å². The number of hydrogen-bond acceptors (Lipinski definition) is 1. The van der Waals surface area contributed by atoms with Gasteiger partial charge in [-0.05, 0) is 35.5 Å². The van der Waals surface area contributed by atoms with E-state index in [-0.39, 0.29) is 5.41 Å². The molecule has 0 amide bonds. The third-order valence-corrected chi connectivity index (χ3v) is 3.79. The normalized spacial score (nSPS) is 12.1. The first-order valence-corrected chi connectivity index (χ1v) is 9.36. The Balaban J connectivity index is 2.53. The summed E-state index contributed by atoms with van der Waals surface area (Å²) in [6, 6.07) is 13.0. The summed E-state index contributed by atoms with van der Waals surface area (Å²) >= 11 is 0. The van der Waals surface area contributed by atoms with Gasteiger partial charge in [-0.3, -0.25) is 0 Å². The van der Waals surface area contributed by atoms with Crippen molar-refractivity contribution in [1.29, 1.82) is 0 Å². The molecule has 18 heavy (non-hydrogen) atoms. The molecule has 96 valence electrons. The van der Waals surface area contributed by atoms with Crippen LogP contribution in [0.15, 0.2) is 36.4 Å². The zero-order valence-electron chi connectivity index (χ0n) is 11.9. The summed E-state index contributed by atoms with van der Waals surface area (Å²) in [6.07, 6.45) is 0. The Labute approximate surface area is 112 Å². The molecular formula is C16H22OSi. The van der Waals surface area contributed by atoms with Gasteiger partial charge in [0.05, 0.1) is 0 Å². The van der Waals surface area contributed by atoms with E-state index in [0.717, 1.165) is 5.75 Å². The molecule has 0 fully saturated rings. The van der Waals surface area contributed by atoms with Gasteiger partial charge in [-0.15, -0.1) is 0 Å². The van der Waals surface area contributed by atoms with E-state index in [1.165, 1.54) is 16.3 Å². The molecule has 0 heterocycles. The Morgan fingerprint density at radius 1 is 1.00 bits per heavy atom. The Bertz CT molecular complexity index is 553. The van der Waals surface area contributed by atoms with Crippen LogP contribution in [0.1, 0.15) is 26.3 Å². The van der Waals surface area contributed by atoms with Crippen LogP contribution in [0.25, 0.3) is 10.8 Å². The first kappa shape index (κ1) is 13.2. The van der Waals surface area contributed by atoms with E-state index in [4.69, 9.17) is 4.43 Å². The smallest absolute Gasteiger partial charge is 0.229 e. The molecule has 0 atom stereocenters. The summed E-state index contributed by atoms with van der Waals surface area (Å²) in [5.74, 6) is 1.04. The van der Waals surface area contributed by atoms with Crippen molar-refractivity contribution in [1.82, 2.24) is 0 Å². The highest BCUT2D eigenvalue weighted by atomic mass is 28.3. The van der Waals surface area contributed by atoms with Crippen molar-refractivity contribution in [2.24, 2.45) is 0 Å². The van der Waals surface area contributed by atoms with Gasteiger partial charge < -0.3 is 4.43 Å². The van der Waals surface area contributed by atoms with Crippen LogP contribution >= 0.6 is 0 Å². The summed E-state index contributed by atoms with van der Waals surface area (Å²) in [4.78, 5) is 0. The van der Waals surface area contributed by atoms with Crippen molar-refractivity contribution < 1.29 is 4.43 Å². The number of hydrogen-bond donors (Lipinski definition) is 0. The third kappa shape index (κ3) is 2.75. The second-order valence-electron chi connectivity index (χ2n) is 6.11. The third-order valence-electron chi connectivity index (χ3n) is 3.07. The van der Waals surface area contributed by atoms with Crippen molar-refractivity contribution in [3.63, 3.8) is 0 Å². The maximum atomic E-state index is 5.99. The van der Waals surface area contributed by atoms with Gasteiger partial charge in [-0.25, -0.2) is 0 Å². The summed E-state index contributed by atoms with van der Waals surface area (Å²) in [5.41, 5.74) is 1.56. The minimum absolute atomic E-state index is 0.192. The minimum atomic E-state index is -1.05. The van der Waals surface area contributed by atoms with E-state index in [0.29, 0.717) is 0 Å². The fourth-order valence-electron chi connectivity index (χ4n) is 2.08. The predicted octanol–water partition coefficient (Wildman–Crippen LogP) is 4.50. The highest BCUT2D eigenvalue weighted by Crippen LogP contribution is 2.30. The topological polar surface area (TPSA) is 9.23 Å². The molecule has 0 aliphatic carbocycles. The monoisotopic (exact) mass is 258 g/mol. The van der Waals surface area contributed by atoms with Crippen molar-refractivity contribution in [3.05, 3.63) is 42.0 Å². The van der Waals surface area contributed by atoms with E-state index in [2.05, 4.69) is 70.3 Å². The maximum Gasteiger partial charge on any atom is 0.229 e. The second kappa shape index (κ2) is 4.77. The Morgan fingerprint density at radius 3 is 2.33 bits per heavy atom. The molecule has 2 aromatic rings. The van der Waals surface area contributed by atoms with Crippen molar-refractivity contribution in [2.45, 2.75) is 39.3 Å². The van der Waals surface area contributed by atoms with Crippen LogP contribution < -0.4 is 4.43 Å². The van der Waals surface area contributed by atoms with Crippen molar-refractivity contribution >= 4 is 19.8 Å².